The third kappa shape index (κ3) is 4.49. The quantitative estimate of drug-likeness (QED) is 0.762. The SMILES string of the molecule is O=C1NCc2cc(C(O)CN3CCC[C@H](Cc4ccccc4)C3)ccc2N1. The van der Waals surface area contributed by atoms with Gasteiger partial charge in [-0.25, -0.2) is 4.79 Å². The van der Waals surface area contributed by atoms with Crippen LogP contribution in [0.5, 0.6) is 0 Å². The van der Waals surface area contributed by atoms with Gasteiger partial charge >= 0.3 is 6.03 Å². The van der Waals surface area contributed by atoms with Crippen molar-refractivity contribution < 1.29 is 9.90 Å². The average Bonchev–Trinajstić information content (AvgIpc) is 2.68. The second-order valence-electron chi connectivity index (χ2n) is 7.70. The molecule has 0 spiro atoms. The number of piperidine rings is 1. The number of rotatable bonds is 5. The Kier molecular flexibility index (Phi) is 5.41. The second-order valence-corrected chi connectivity index (χ2v) is 7.70. The van der Waals surface area contributed by atoms with Gasteiger partial charge in [0.25, 0.3) is 0 Å². The van der Waals surface area contributed by atoms with Gasteiger partial charge in [0.1, 0.15) is 0 Å². The molecule has 142 valence electrons. The number of β-amino-alcohol motifs (C(OH)–C–C–N with tert-alkyl or cyclic N) is 1. The molecule has 5 nitrogen and oxygen atoms in total. The van der Waals surface area contributed by atoms with Crippen molar-refractivity contribution >= 4 is 11.7 Å². The smallest absolute Gasteiger partial charge is 0.319 e. The first kappa shape index (κ1) is 18.0. The van der Waals surface area contributed by atoms with Gasteiger partial charge in [-0.05, 0) is 60.5 Å². The van der Waals surface area contributed by atoms with Gasteiger partial charge in [-0.3, -0.25) is 0 Å². The maximum absolute atomic E-state index is 11.4. The van der Waals surface area contributed by atoms with Crippen LogP contribution in [0.3, 0.4) is 0 Å². The molecule has 0 aromatic heterocycles. The van der Waals surface area contributed by atoms with E-state index in [1.165, 1.54) is 18.4 Å². The first-order valence-corrected chi connectivity index (χ1v) is 9.79. The largest absolute Gasteiger partial charge is 0.387 e. The van der Waals surface area contributed by atoms with Crippen molar-refractivity contribution in [2.45, 2.75) is 31.9 Å². The molecule has 0 saturated carbocycles. The Hall–Kier alpha value is -2.37. The number of aliphatic hydroxyl groups excluding tert-OH is 1. The lowest BCUT2D eigenvalue weighted by atomic mass is 9.91. The summed E-state index contributed by atoms with van der Waals surface area (Å²) < 4.78 is 0. The zero-order valence-corrected chi connectivity index (χ0v) is 15.5. The van der Waals surface area contributed by atoms with Crippen molar-refractivity contribution in [1.29, 1.82) is 0 Å². The van der Waals surface area contributed by atoms with Crippen molar-refractivity contribution in [1.82, 2.24) is 10.2 Å². The number of hydrogen-bond acceptors (Lipinski definition) is 3. The van der Waals surface area contributed by atoms with E-state index in [1.807, 2.05) is 18.2 Å². The first-order valence-electron chi connectivity index (χ1n) is 9.79. The number of hydrogen-bond donors (Lipinski definition) is 3. The van der Waals surface area contributed by atoms with Gasteiger partial charge in [0.2, 0.25) is 0 Å². The maximum Gasteiger partial charge on any atom is 0.319 e. The van der Waals surface area contributed by atoms with E-state index >= 15 is 0 Å². The topological polar surface area (TPSA) is 64.6 Å². The Bertz CT molecular complexity index is 793. The lowest BCUT2D eigenvalue weighted by Crippen LogP contribution is -2.38. The van der Waals surface area contributed by atoms with Crippen LogP contribution < -0.4 is 10.6 Å². The summed E-state index contributed by atoms with van der Waals surface area (Å²) in [5.41, 5.74) is 4.16. The van der Waals surface area contributed by atoms with E-state index in [4.69, 9.17) is 0 Å². The highest BCUT2D eigenvalue weighted by Gasteiger charge is 2.23. The minimum atomic E-state index is -0.511. The number of urea groups is 1. The number of fused-ring (bicyclic) bond motifs is 1. The highest BCUT2D eigenvalue weighted by molar-refractivity contribution is 5.92. The predicted octanol–water partition coefficient (Wildman–Crippen LogP) is 3.31. The summed E-state index contributed by atoms with van der Waals surface area (Å²) in [5.74, 6) is 0.649. The summed E-state index contributed by atoms with van der Waals surface area (Å²) in [5, 5.41) is 16.3. The van der Waals surface area contributed by atoms with E-state index in [0.717, 1.165) is 36.3 Å². The number of nitrogens with zero attached hydrogens (tertiary/aromatic N) is 1. The molecule has 2 aromatic carbocycles. The molecule has 3 N–H and O–H groups in total. The molecular weight excluding hydrogens is 338 g/mol. The fourth-order valence-electron chi connectivity index (χ4n) is 4.21. The van der Waals surface area contributed by atoms with Crippen molar-refractivity contribution in [2.24, 2.45) is 5.92 Å². The predicted molar refractivity (Wildman–Crippen MR) is 107 cm³/mol. The first-order chi connectivity index (χ1) is 13.2. The minimum Gasteiger partial charge on any atom is -0.387 e. The number of benzene rings is 2. The molecule has 0 bridgehead atoms. The average molecular weight is 365 g/mol. The number of aliphatic hydroxyl groups is 1. The van der Waals surface area contributed by atoms with E-state index < -0.39 is 6.10 Å². The molecule has 2 aliphatic rings. The molecule has 27 heavy (non-hydrogen) atoms. The summed E-state index contributed by atoms with van der Waals surface area (Å²) in [6.45, 7) is 3.24. The number of amides is 2. The van der Waals surface area contributed by atoms with E-state index in [-0.39, 0.29) is 6.03 Å². The van der Waals surface area contributed by atoms with Crippen LogP contribution in [0.15, 0.2) is 48.5 Å². The van der Waals surface area contributed by atoms with Crippen LogP contribution in [0.1, 0.15) is 35.6 Å². The molecule has 1 unspecified atom stereocenters. The van der Waals surface area contributed by atoms with Crippen molar-refractivity contribution in [2.75, 3.05) is 25.0 Å². The maximum atomic E-state index is 11.4. The van der Waals surface area contributed by atoms with Gasteiger partial charge in [0.15, 0.2) is 0 Å². The third-order valence-electron chi connectivity index (χ3n) is 5.60. The summed E-state index contributed by atoms with van der Waals surface area (Å²) >= 11 is 0. The molecule has 5 heteroatoms. The molecule has 2 atom stereocenters. The number of carbonyl (C=O) groups excluding carboxylic acids is 1. The van der Waals surface area contributed by atoms with E-state index in [2.05, 4.69) is 45.9 Å². The highest BCUT2D eigenvalue weighted by atomic mass is 16.3. The standard InChI is InChI=1S/C22H27N3O2/c26-21(18-8-9-20-19(12-18)13-23-22(27)24-20)15-25-10-4-7-17(14-25)11-16-5-2-1-3-6-16/h1-3,5-6,8-9,12,17,21,26H,4,7,10-11,13-15H2,(H2,23,24,27)/t17-,21?/m1/s1. The Balaban J connectivity index is 1.36. The summed E-state index contributed by atoms with van der Waals surface area (Å²) in [6.07, 6.45) is 3.04. The molecule has 2 heterocycles. The molecular formula is C22H27N3O2. The molecule has 2 aliphatic heterocycles. The third-order valence-corrected chi connectivity index (χ3v) is 5.60. The fourth-order valence-corrected chi connectivity index (χ4v) is 4.21. The number of nitrogens with one attached hydrogen (secondary N) is 2. The van der Waals surface area contributed by atoms with Crippen molar-refractivity contribution in [3.8, 4) is 0 Å². The van der Waals surface area contributed by atoms with Crippen LogP contribution in [0.25, 0.3) is 0 Å². The fraction of sp³-hybridized carbons (Fsp3) is 0.409. The zero-order valence-electron chi connectivity index (χ0n) is 15.5. The zero-order chi connectivity index (χ0) is 18.6. The van der Waals surface area contributed by atoms with Crippen LogP contribution >= 0.6 is 0 Å². The Labute approximate surface area is 160 Å². The van der Waals surface area contributed by atoms with Gasteiger partial charge in [0, 0.05) is 25.3 Å². The number of anilines is 1. The monoisotopic (exact) mass is 365 g/mol. The van der Waals surface area contributed by atoms with Crippen LogP contribution in [-0.2, 0) is 13.0 Å². The number of carbonyl (C=O) groups is 1. The summed E-state index contributed by atoms with van der Waals surface area (Å²) in [4.78, 5) is 13.8. The van der Waals surface area contributed by atoms with Crippen molar-refractivity contribution in [3.63, 3.8) is 0 Å². The van der Waals surface area contributed by atoms with E-state index in [9.17, 15) is 9.90 Å². The lowest BCUT2D eigenvalue weighted by Gasteiger charge is -2.34. The Morgan fingerprint density at radius 1 is 1.19 bits per heavy atom. The summed E-state index contributed by atoms with van der Waals surface area (Å²) in [6, 6.07) is 16.3. The van der Waals surface area contributed by atoms with Crippen LogP contribution in [0.4, 0.5) is 10.5 Å². The molecule has 4 rings (SSSR count). The Morgan fingerprint density at radius 2 is 2.04 bits per heavy atom. The minimum absolute atomic E-state index is 0.173. The van der Waals surface area contributed by atoms with Crippen molar-refractivity contribution in [3.05, 3.63) is 65.2 Å². The van der Waals surface area contributed by atoms with Gasteiger partial charge < -0.3 is 20.6 Å². The molecule has 2 amide bonds. The van der Waals surface area contributed by atoms with Crippen LogP contribution in [-0.4, -0.2) is 35.7 Å². The van der Waals surface area contributed by atoms with Crippen LogP contribution in [0, 0.1) is 5.92 Å². The molecule has 0 radical (unpaired) electrons. The lowest BCUT2D eigenvalue weighted by molar-refractivity contribution is 0.0843. The van der Waals surface area contributed by atoms with E-state index in [0.29, 0.717) is 19.0 Å². The summed E-state index contributed by atoms with van der Waals surface area (Å²) in [7, 11) is 0. The molecule has 2 aromatic rings. The number of likely N-dealkylation sites (tertiary alicyclic amines) is 1. The van der Waals surface area contributed by atoms with Gasteiger partial charge in [0.05, 0.1) is 6.10 Å². The molecule has 1 fully saturated rings. The van der Waals surface area contributed by atoms with Crippen LogP contribution in [0.2, 0.25) is 0 Å². The molecule has 1 saturated heterocycles. The van der Waals surface area contributed by atoms with E-state index in [1.54, 1.807) is 0 Å². The van der Waals surface area contributed by atoms with Gasteiger partial charge in [-0.15, -0.1) is 0 Å². The highest BCUT2D eigenvalue weighted by Crippen LogP contribution is 2.26. The van der Waals surface area contributed by atoms with Gasteiger partial charge in [-0.1, -0.05) is 36.4 Å². The second kappa shape index (κ2) is 8.11. The normalized spacial score (nSPS) is 21.1. The molecule has 0 aliphatic carbocycles. The van der Waals surface area contributed by atoms with Gasteiger partial charge in [-0.2, -0.15) is 0 Å². The Morgan fingerprint density at radius 3 is 2.89 bits per heavy atom.